The number of nitrogens with zero attached hydrogens (tertiary/aromatic N) is 2. The Morgan fingerprint density at radius 2 is 1.29 bits per heavy atom. The highest BCUT2D eigenvalue weighted by molar-refractivity contribution is 5.93. The minimum Gasteiger partial charge on any atom is -0.455 e. The van der Waals surface area contributed by atoms with Gasteiger partial charge in [0.05, 0.1) is 17.2 Å². The molecule has 21 heavy (non-hydrogen) atoms. The first kappa shape index (κ1) is 12.7. The summed E-state index contributed by atoms with van der Waals surface area (Å²) in [7, 11) is 0. The minimum atomic E-state index is 0.478. The zero-order chi connectivity index (χ0) is 14.7. The van der Waals surface area contributed by atoms with Gasteiger partial charge in [0, 0.05) is 10.8 Å². The Morgan fingerprint density at radius 3 is 2.05 bits per heavy atom. The van der Waals surface area contributed by atoms with Gasteiger partial charge in [-0.3, -0.25) is 0 Å². The van der Waals surface area contributed by atoms with Gasteiger partial charge in [-0.1, -0.05) is 36.4 Å². The number of rotatable bonds is 2. The van der Waals surface area contributed by atoms with Crippen molar-refractivity contribution in [3.63, 3.8) is 0 Å². The number of fused-ring (bicyclic) bond motifs is 1. The van der Waals surface area contributed by atoms with E-state index in [1.54, 1.807) is 30.3 Å². The Bertz CT molecular complexity index is 901. The van der Waals surface area contributed by atoms with E-state index in [1.165, 1.54) is 0 Å². The van der Waals surface area contributed by atoms with E-state index in [1.807, 2.05) is 30.3 Å². The van der Waals surface area contributed by atoms with Gasteiger partial charge in [0.1, 0.15) is 17.6 Å². The summed E-state index contributed by atoms with van der Waals surface area (Å²) >= 11 is 0. The van der Waals surface area contributed by atoms with Crippen LogP contribution in [0.5, 0.6) is 11.5 Å². The van der Waals surface area contributed by atoms with Crippen molar-refractivity contribution in [1.82, 2.24) is 0 Å². The van der Waals surface area contributed by atoms with Crippen LogP contribution in [0.25, 0.3) is 10.8 Å². The van der Waals surface area contributed by atoms with E-state index in [9.17, 15) is 0 Å². The highest BCUT2D eigenvalue weighted by Gasteiger charge is 2.09. The molecule has 0 aliphatic rings. The third-order valence-corrected chi connectivity index (χ3v) is 3.23. The highest BCUT2D eigenvalue weighted by atomic mass is 16.5. The van der Waals surface area contributed by atoms with E-state index in [0.717, 1.165) is 10.8 Å². The van der Waals surface area contributed by atoms with Crippen molar-refractivity contribution in [2.24, 2.45) is 0 Å². The molecule has 0 fully saturated rings. The second-order valence-corrected chi connectivity index (χ2v) is 4.48. The molecule has 0 heterocycles. The third-order valence-electron chi connectivity index (χ3n) is 3.23. The zero-order valence-corrected chi connectivity index (χ0v) is 11.1. The quantitative estimate of drug-likeness (QED) is 0.694. The van der Waals surface area contributed by atoms with Crippen molar-refractivity contribution in [3.8, 4) is 23.6 Å². The molecule has 0 saturated carbocycles. The lowest BCUT2D eigenvalue weighted by Crippen LogP contribution is -1.90. The molecule has 3 rings (SSSR count). The van der Waals surface area contributed by atoms with Gasteiger partial charge in [0.15, 0.2) is 0 Å². The third kappa shape index (κ3) is 2.29. The maximum absolute atomic E-state index is 9.16. The number of ether oxygens (including phenoxy) is 1. The molecule has 0 radical (unpaired) electrons. The molecular weight excluding hydrogens is 260 g/mol. The number of hydrogen-bond acceptors (Lipinski definition) is 3. The Morgan fingerprint density at radius 1 is 0.619 bits per heavy atom. The van der Waals surface area contributed by atoms with Crippen LogP contribution in [-0.2, 0) is 0 Å². The van der Waals surface area contributed by atoms with Crippen molar-refractivity contribution in [2.75, 3.05) is 0 Å². The largest absolute Gasteiger partial charge is 0.455 e. The smallest absolute Gasteiger partial charge is 0.145 e. The topological polar surface area (TPSA) is 56.8 Å². The number of hydrogen-bond donors (Lipinski definition) is 0. The summed E-state index contributed by atoms with van der Waals surface area (Å²) in [5.74, 6) is 1.14. The molecular formula is C18H10N2O. The van der Waals surface area contributed by atoms with Crippen LogP contribution >= 0.6 is 0 Å². The molecule has 3 nitrogen and oxygen atoms in total. The summed E-state index contributed by atoms with van der Waals surface area (Å²) in [6.45, 7) is 0. The summed E-state index contributed by atoms with van der Waals surface area (Å²) < 4.78 is 5.88. The number of para-hydroxylation sites is 1. The van der Waals surface area contributed by atoms with Crippen LogP contribution in [0, 0.1) is 22.7 Å². The van der Waals surface area contributed by atoms with Crippen LogP contribution in [0.2, 0.25) is 0 Å². The van der Waals surface area contributed by atoms with E-state index in [0.29, 0.717) is 22.6 Å². The van der Waals surface area contributed by atoms with Gasteiger partial charge in [0.2, 0.25) is 0 Å². The SMILES string of the molecule is N#Cc1ccccc1Oc1ccc(C#N)c2ccccc12. The van der Waals surface area contributed by atoms with E-state index in [4.69, 9.17) is 15.3 Å². The van der Waals surface area contributed by atoms with Gasteiger partial charge in [-0.25, -0.2) is 0 Å². The lowest BCUT2D eigenvalue weighted by Gasteiger charge is -2.10. The van der Waals surface area contributed by atoms with Crippen molar-refractivity contribution >= 4 is 10.8 Å². The van der Waals surface area contributed by atoms with Gasteiger partial charge in [0.25, 0.3) is 0 Å². The van der Waals surface area contributed by atoms with Gasteiger partial charge >= 0.3 is 0 Å². The molecule has 0 saturated heterocycles. The number of benzene rings is 3. The maximum atomic E-state index is 9.16. The average molecular weight is 270 g/mol. The van der Waals surface area contributed by atoms with E-state index < -0.39 is 0 Å². The molecule has 0 aliphatic heterocycles. The molecule has 3 heteroatoms. The Labute approximate surface area is 122 Å². The first-order chi connectivity index (χ1) is 10.3. The zero-order valence-electron chi connectivity index (χ0n) is 11.1. The molecule has 3 aromatic carbocycles. The van der Waals surface area contributed by atoms with Crippen LogP contribution in [0.3, 0.4) is 0 Å². The molecule has 0 spiro atoms. The first-order valence-corrected chi connectivity index (χ1v) is 6.42. The Hall–Kier alpha value is -3.30. The van der Waals surface area contributed by atoms with Gasteiger partial charge < -0.3 is 4.74 Å². The number of nitriles is 2. The summed E-state index contributed by atoms with van der Waals surface area (Å²) in [5.41, 5.74) is 1.08. The predicted octanol–water partition coefficient (Wildman–Crippen LogP) is 4.38. The molecule has 0 amide bonds. The molecule has 0 N–H and O–H groups in total. The lowest BCUT2D eigenvalue weighted by atomic mass is 10.0. The lowest BCUT2D eigenvalue weighted by molar-refractivity contribution is 0.486. The fraction of sp³-hybridized carbons (Fsp3) is 0. The molecule has 0 atom stereocenters. The van der Waals surface area contributed by atoms with E-state index >= 15 is 0 Å². The predicted molar refractivity (Wildman–Crippen MR) is 79.9 cm³/mol. The van der Waals surface area contributed by atoms with Gasteiger partial charge in [-0.15, -0.1) is 0 Å². The minimum absolute atomic E-state index is 0.478. The van der Waals surface area contributed by atoms with E-state index in [2.05, 4.69) is 12.1 Å². The monoisotopic (exact) mass is 270 g/mol. The van der Waals surface area contributed by atoms with Gasteiger partial charge in [-0.2, -0.15) is 10.5 Å². The van der Waals surface area contributed by atoms with Crippen LogP contribution < -0.4 is 4.74 Å². The van der Waals surface area contributed by atoms with E-state index in [-0.39, 0.29) is 0 Å². The second-order valence-electron chi connectivity index (χ2n) is 4.48. The van der Waals surface area contributed by atoms with Crippen LogP contribution in [0.15, 0.2) is 60.7 Å². The van der Waals surface area contributed by atoms with Crippen molar-refractivity contribution in [2.45, 2.75) is 0 Å². The van der Waals surface area contributed by atoms with Crippen LogP contribution in [0.1, 0.15) is 11.1 Å². The van der Waals surface area contributed by atoms with Crippen molar-refractivity contribution < 1.29 is 4.74 Å². The average Bonchev–Trinajstić information content (AvgIpc) is 2.55. The summed E-state index contributed by atoms with van der Waals surface area (Å²) in [6, 6.07) is 22.4. The molecule has 98 valence electrons. The molecule has 3 aromatic rings. The normalized spacial score (nSPS) is 9.81. The summed E-state index contributed by atoms with van der Waals surface area (Å²) in [5, 5.41) is 20.0. The van der Waals surface area contributed by atoms with Crippen molar-refractivity contribution in [1.29, 1.82) is 10.5 Å². The Kier molecular flexibility index (Phi) is 3.25. The van der Waals surface area contributed by atoms with Crippen molar-refractivity contribution in [3.05, 3.63) is 71.8 Å². The fourth-order valence-corrected chi connectivity index (χ4v) is 2.22. The Balaban J connectivity index is 2.15. The molecule has 0 bridgehead atoms. The van der Waals surface area contributed by atoms with Crippen LogP contribution in [-0.4, -0.2) is 0 Å². The summed E-state index contributed by atoms with van der Waals surface area (Å²) in [6.07, 6.45) is 0. The fourth-order valence-electron chi connectivity index (χ4n) is 2.22. The molecule has 0 aromatic heterocycles. The van der Waals surface area contributed by atoms with Gasteiger partial charge in [-0.05, 0) is 24.3 Å². The maximum Gasteiger partial charge on any atom is 0.145 e. The highest BCUT2D eigenvalue weighted by Crippen LogP contribution is 2.32. The molecule has 0 unspecified atom stereocenters. The first-order valence-electron chi connectivity index (χ1n) is 6.42. The van der Waals surface area contributed by atoms with Crippen LogP contribution in [0.4, 0.5) is 0 Å². The molecule has 0 aliphatic carbocycles. The second kappa shape index (κ2) is 5.36. The standard InChI is InChI=1S/C18H10N2O/c19-11-13-9-10-18(16-7-3-2-6-15(13)16)21-17-8-4-1-5-14(17)12-20/h1-10H. The summed E-state index contributed by atoms with van der Waals surface area (Å²) in [4.78, 5) is 0.